The molecule has 220 valence electrons. The number of carbonyl (C=O) groups excluding carboxylic acids is 6. The molecule has 0 heterocycles. The van der Waals surface area contributed by atoms with Gasteiger partial charge in [-0.05, 0) is 39.4 Å². The normalized spacial score (nSPS) is 10.2. The van der Waals surface area contributed by atoms with Crippen molar-refractivity contribution >= 4 is 52.8 Å². The molecule has 4 amide bonds. The Labute approximate surface area is 258 Å². The Bertz CT molecular complexity index is 831. The molecule has 0 atom stereocenters. The number of hydrogen-bond donors (Lipinski definition) is 2. The molecular formula is C20H34N6O9Si2W2-2. The van der Waals surface area contributed by atoms with Crippen molar-refractivity contribution in [3.8, 4) is 0 Å². The number of nitrogens with one attached hydrogen (secondary N) is 2. The minimum atomic E-state index is -2.70. The smallest absolute Gasteiger partial charge is 0.338 e. The van der Waals surface area contributed by atoms with Crippen LogP contribution in [0.3, 0.4) is 0 Å². The average molecular weight is 926 g/mol. The van der Waals surface area contributed by atoms with Gasteiger partial charge in [0.25, 0.3) is 12.2 Å². The van der Waals surface area contributed by atoms with Gasteiger partial charge in [-0.2, -0.15) is 0 Å². The van der Waals surface area contributed by atoms with Crippen molar-refractivity contribution < 1.29 is 84.5 Å². The summed E-state index contributed by atoms with van der Waals surface area (Å²) in [6.45, 7) is 14.0. The fourth-order valence-corrected chi connectivity index (χ4v) is 12.3. The van der Waals surface area contributed by atoms with Crippen LogP contribution in [0, 0.1) is 13.8 Å². The number of rotatable bonds is 16. The van der Waals surface area contributed by atoms with Gasteiger partial charge in [-0.3, -0.25) is 9.59 Å². The van der Waals surface area contributed by atoms with Gasteiger partial charge >= 0.3 is 24.0 Å². The average Bonchev–Trinajstić information content (AvgIpc) is 2.80. The van der Waals surface area contributed by atoms with Gasteiger partial charge in [-0.15, -0.1) is 0 Å². The zero-order valence-corrected chi connectivity index (χ0v) is 30.2. The van der Waals surface area contributed by atoms with Crippen molar-refractivity contribution in [3.63, 3.8) is 0 Å². The third-order valence-corrected chi connectivity index (χ3v) is 11.1. The number of hydrazone groups is 2. The summed E-state index contributed by atoms with van der Waals surface area (Å²) in [7, 11) is -5.40. The number of hydrogen-bond acceptors (Lipinski definition) is 11. The predicted octanol–water partition coefficient (Wildman–Crippen LogP) is 0.546. The van der Waals surface area contributed by atoms with Gasteiger partial charge in [-0.1, -0.05) is 10.2 Å². The molecule has 15 nitrogen and oxygen atoms in total. The molecule has 0 aromatic carbocycles. The minimum Gasteiger partial charge on any atom is -0.499 e. The predicted molar refractivity (Wildman–Crippen MR) is 134 cm³/mol. The molecule has 0 unspecified atom stereocenters. The molecule has 0 aliphatic carbocycles. The Balaban J connectivity index is -0.00000648. The summed E-state index contributed by atoms with van der Waals surface area (Å²) >= 11 is 0. The van der Waals surface area contributed by atoms with Crippen LogP contribution in [0.25, 0.3) is 0 Å². The molecule has 0 rings (SSSR count). The van der Waals surface area contributed by atoms with Gasteiger partial charge in [0.05, 0.1) is 12.8 Å². The van der Waals surface area contributed by atoms with Crippen molar-refractivity contribution in [3.05, 3.63) is 13.8 Å². The van der Waals surface area contributed by atoms with Crippen LogP contribution in [0.1, 0.15) is 12.8 Å². The summed E-state index contributed by atoms with van der Waals surface area (Å²) in [5, 5.41) is 6.15. The van der Waals surface area contributed by atoms with Crippen molar-refractivity contribution in [2.45, 2.75) is 39.0 Å². The van der Waals surface area contributed by atoms with Crippen LogP contribution in [-0.4, -0.2) is 101 Å². The van der Waals surface area contributed by atoms with Crippen LogP contribution >= 0.6 is 0 Å². The van der Waals surface area contributed by atoms with Crippen LogP contribution in [0.15, 0.2) is 10.2 Å². The molecule has 0 fully saturated rings. The first-order chi connectivity index (χ1) is 17.3. The van der Waals surface area contributed by atoms with E-state index < -0.39 is 40.6 Å². The van der Waals surface area contributed by atoms with E-state index in [1.807, 2.05) is 37.0 Å². The number of nitrogens with zero attached hydrogens (tertiary/aromatic N) is 4. The first kappa shape index (κ1) is 41.5. The molecule has 0 aliphatic rings. The maximum atomic E-state index is 12.5. The summed E-state index contributed by atoms with van der Waals surface area (Å²) in [5.74, 6) is -1.11. The second-order valence-electron chi connectivity index (χ2n) is 8.65. The quantitative estimate of drug-likeness (QED) is 0.0558. The summed E-state index contributed by atoms with van der Waals surface area (Å²) in [4.78, 5) is 71.8. The molecule has 0 saturated heterocycles. The van der Waals surface area contributed by atoms with Crippen LogP contribution < -0.4 is 10.9 Å². The van der Waals surface area contributed by atoms with Crippen LogP contribution in [0.2, 0.25) is 26.2 Å². The standard InChI is InChI=1S/C20H34N6O9Si2.2W/c1-7-33-17(29)9-11-25(19(31)23-21-13-27)15-36(3,4)35-37(5,6)16-26(20(32)24-22-14-28)12-10-18(30)34-8-2;;/h1-2,7-12,15-16H2,3-6H3,(H,23,31)(H,24,32);;/q-2;;. The summed E-state index contributed by atoms with van der Waals surface area (Å²) in [6.07, 6.45) is 2.40. The molecular weight excluding hydrogens is 892 g/mol. The Morgan fingerprint density at radius 1 is 0.744 bits per heavy atom. The Hall–Kier alpha value is -1.99. The number of ether oxygens (including phenoxy) is 2. The SMILES string of the molecule is [CH2-]COC(=O)CCN(C[Si](C)(C)O[Si](C)(C)CN(CCC(=O)OC[CH2-])C(=O)NN=C=O)C(=O)NN=C=O.[W].[W]. The molecule has 39 heavy (non-hydrogen) atoms. The van der Waals surface area contributed by atoms with Gasteiger partial charge in [0.1, 0.15) is 0 Å². The monoisotopic (exact) mass is 926 g/mol. The second-order valence-corrected chi connectivity index (χ2v) is 17.1. The molecule has 19 heteroatoms. The summed E-state index contributed by atoms with van der Waals surface area (Å²) < 4.78 is 16.1. The Morgan fingerprint density at radius 2 is 1.08 bits per heavy atom. The number of esters is 2. The first-order valence-corrected chi connectivity index (χ1v) is 17.4. The van der Waals surface area contributed by atoms with Gasteiger partial charge in [0.15, 0.2) is 16.6 Å². The summed E-state index contributed by atoms with van der Waals surface area (Å²) in [5.41, 5.74) is 4.06. The van der Waals surface area contributed by atoms with E-state index in [2.05, 4.69) is 24.1 Å². The number of urea groups is 2. The Morgan fingerprint density at radius 3 is 1.36 bits per heavy atom. The number of carbonyl (C=O) groups is 4. The van der Waals surface area contributed by atoms with E-state index >= 15 is 0 Å². The maximum absolute atomic E-state index is 12.5. The van der Waals surface area contributed by atoms with E-state index in [1.165, 1.54) is 22.0 Å². The molecule has 0 spiro atoms. The van der Waals surface area contributed by atoms with Gasteiger partial charge in [-0.25, -0.2) is 30.0 Å². The molecule has 0 aromatic rings. The Kier molecular flexibility index (Phi) is 23.2. The zero-order valence-electron chi connectivity index (χ0n) is 22.4. The maximum Gasteiger partial charge on any atom is 0.338 e. The fourth-order valence-electron chi connectivity index (χ4n) is 3.34. The van der Waals surface area contributed by atoms with E-state index in [0.29, 0.717) is 0 Å². The van der Waals surface area contributed by atoms with Crippen LogP contribution in [0.5, 0.6) is 0 Å². The molecule has 0 aliphatic heterocycles. The van der Waals surface area contributed by atoms with Crippen molar-refractivity contribution in [1.82, 2.24) is 20.7 Å². The fraction of sp³-hybridized carbons (Fsp3) is 0.600. The van der Waals surface area contributed by atoms with Gasteiger partial charge in [0.2, 0.25) is 0 Å². The third-order valence-electron chi connectivity index (χ3n) is 4.36. The first-order valence-electron chi connectivity index (χ1n) is 11.1. The summed E-state index contributed by atoms with van der Waals surface area (Å²) in [6, 6.07) is -1.46. The van der Waals surface area contributed by atoms with Gasteiger partial charge < -0.3 is 37.2 Å². The zero-order chi connectivity index (χ0) is 28.5. The molecule has 0 saturated carbocycles. The number of amides is 4. The number of isocyanates is 2. The van der Waals surface area contributed by atoms with Gasteiger partial charge in [0, 0.05) is 67.6 Å². The van der Waals surface area contributed by atoms with E-state index in [-0.39, 0.29) is 93.6 Å². The largest absolute Gasteiger partial charge is 0.499 e. The van der Waals surface area contributed by atoms with E-state index in [4.69, 9.17) is 13.6 Å². The van der Waals surface area contributed by atoms with Crippen molar-refractivity contribution in [1.29, 1.82) is 0 Å². The second kappa shape index (κ2) is 21.8. The van der Waals surface area contributed by atoms with E-state index in [1.54, 1.807) is 0 Å². The molecule has 2 N–H and O–H groups in total. The molecule has 0 bridgehead atoms. The van der Waals surface area contributed by atoms with Crippen LogP contribution in [0.4, 0.5) is 9.59 Å². The molecule has 0 radical (unpaired) electrons. The van der Waals surface area contributed by atoms with Crippen molar-refractivity contribution in [2.24, 2.45) is 10.2 Å². The third kappa shape index (κ3) is 19.7. The minimum absolute atomic E-state index is 0. The van der Waals surface area contributed by atoms with E-state index in [0.717, 1.165) is 0 Å². The topological polar surface area (TPSA) is 185 Å². The molecule has 0 aromatic heterocycles. The van der Waals surface area contributed by atoms with E-state index in [9.17, 15) is 28.8 Å². The van der Waals surface area contributed by atoms with Crippen molar-refractivity contribution in [2.75, 3.05) is 38.6 Å². The van der Waals surface area contributed by atoms with Crippen LogP contribution in [-0.2, 0) is 74.9 Å².